The second kappa shape index (κ2) is 8.66. The Morgan fingerprint density at radius 2 is 1.93 bits per heavy atom. The fraction of sp³-hybridized carbons (Fsp3) is 0.278. The molecule has 1 N–H and O–H groups in total. The van der Waals surface area contributed by atoms with Crippen LogP contribution in [0.5, 0.6) is 23.0 Å². The van der Waals surface area contributed by atoms with Gasteiger partial charge in [0.2, 0.25) is 0 Å². The molecule has 2 aromatic rings. The first-order valence-corrected chi connectivity index (χ1v) is 8.70. The number of non-ortho nitro benzene ring substituents is 1. The highest BCUT2D eigenvalue weighted by atomic mass is 35.5. The Bertz CT molecular complexity index is 904. The Hall–Kier alpha value is -3.20. The van der Waals surface area contributed by atoms with Crippen LogP contribution in [0.3, 0.4) is 0 Å². The van der Waals surface area contributed by atoms with E-state index in [0.29, 0.717) is 30.4 Å². The SMILES string of the molecule is COc1ccc([N+](=O)[O-])cc1OCC(=O)Nc1cc2c(cc1Cl)OCCCO2. The molecule has 0 aromatic heterocycles. The van der Waals surface area contributed by atoms with Crippen LogP contribution in [0.25, 0.3) is 0 Å². The lowest BCUT2D eigenvalue weighted by Gasteiger charge is -2.13. The van der Waals surface area contributed by atoms with E-state index in [2.05, 4.69) is 5.32 Å². The van der Waals surface area contributed by atoms with Gasteiger partial charge < -0.3 is 24.3 Å². The summed E-state index contributed by atoms with van der Waals surface area (Å²) in [6, 6.07) is 7.01. The summed E-state index contributed by atoms with van der Waals surface area (Å²) in [6.07, 6.45) is 0.743. The number of ether oxygens (including phenoxy) is 4. The van der Waals surface area contributed by atoms with Crippen molar-refractivity contribution in [1.29, 1.82) is 0 Å². The molecule has 0 fully saturated rings. The third-order valence-electron chi connectivity index (χ3n) is 3.83. The fourth-order valence-corrected chi connectivity index (χ4v) is 2.70. The smallest absolute Gasteiger partial charge is 0.273 e. The molecule has 9 nitrogen and oxygen atoms in total. The summed E-state index contributed by atoms with van der Waals surface area (Å²) in [5.74, 6) is 0.838. The van der Waals surface area contributed by atoms with E-state index >= 15 is 0 Å². The number of methoxy groups -OCH3 is 1. The molecule has 28 heavy (non-hydrogen) atoms. The predicted molar refractivity (Wildman–Crippen MR) is 101 cm³/mol. The van der Waals surface area contributed by atoms with E-state index in [-0.39, 0.29) is 22.2 Å². The van der Waals surface area contributed by atoms with Gasteiger partial charge in [-0.2, -0.15) is 0 Å². The lowest BCUT2D eigenvalue weighted by Crippen LogP contribution is -2.20. The van der Waals surface area contributed by atoms with Crippen molar-refractivity contribution in [2.45, 2.75) is 6.42 Å². The van der Waals surface area contributed by atoms with Crippen molar-refractivity contribution in [3.8, 4) is 23.0 Å². The van der Waals surface area contributed by atoms with Gasteiger partial charge in [0.15, 0.2) is 29.6 Å². The minimum Gasteiger partial charge on any atom is -0.493 e. The molecule has 0 saturated heterocycles. The van der Waals surface area contributed by atoms with Gasteiger partial charge in [-0.05, 0) is 6.07 Å². The molecule has 2 aromatic carbocycles. The number of nitro benzene ring substituents is 1. The lowest BCUT2D eigenvalue weighted by atomic mass is 10.2. The van der Waals surface area contributed by atoms with Crippen molar-refractivity contribution in [3.63, 3.8) is 0 Å². The van der Waals surface area contributed by atoms with Gasteiger partial charge >= 0.3 is 0 Å². The summed E-state index contributed by atoms with van der Waals surface area (Å²) in [5, 5.41) is 13.8. The van der Waals surface area contributed by atoms with Crippen molar-refractivity contribution >= 4 is 28.9 Å². The van der Waals surface area contributed by atoms with E-state index in [1.54, 1.807) is 12.1 Å². The Balaban J connectivity index is 1.69. The maximum absolute atomic E-state index is 12.3. The summed E-state index contributed by atoms with van der Waals surface area (Å²) >= 11 is 6.19. The van der Waals surface area contributed by atoms with Gasteiger partial charge in [0.25, 0.3) is 11.6 Å². The first kappa shape index (κ1) is 19.6. The maximum atomic E-state index is 12.3. The second-order valence-electron chi connectivity index (χ2n) is 5.76. The number of amides is 1. The highest BCUT2D eigenvalue weighted by Crippen LogP contribution is 2.37. The van der Waals surface area contributed by atoms with Crippen LogP contribution in [0.15, 0.2) is 30.3 Å². The normalized spacial score (nSPS) is 12.6. The third-order valence-corrected chi connectivity index (χ3v) is 4.14. The number of carbonyl (C=O) groups excluding carboxylic acids is 1. The number of hydrogen-bond acceptors (Lipinski definition) is 7. The van der Waals surface area contributed by atoms with Crippen LogP contribution >= 0.6 is 11.6 Å². The molecular formula is C18H17ClN2O7. The molecule has 0 saturated carbocycles. The minimum atomic E-state index is -0.566. The van der Waals surface area contributed by atoms with Gasteiger partial charge in [-0.3, -0.25) is 14.9 Å². The molecule has 0 atom stereocenters. The molecule has 1 aliphatic heterocycles. The number of carbonyl (C=O) groups is 1. The monoisotopic (exact) mass is 408 g/mol. The molecule has 148 valence electrons. The number of hydrogen-bond donors (Lipinski definition) is 1. The number of rotatable bonds is 6. The Morgan fingerprint density at radius 1 is 1.21 bits per heavy atom. The molecule has 10 heteroatoms. The highest BCUT2D eigenvalue weighted by Gasteiger charge is 2.17. The Morgan fingerprint density at radius 3 is 2.61 bits per heavy atom. The van der Waals surface area contributed by atoms with Crippen molar-refractivity contribution in [1.82, 2.24) is 0 Å². The maximum Gasteiger partial charge on any atom is 0.273 e. The van der Waals surface area contributed by atoms with Crippen LogP contribution in [0, 0.1) is 10.1 Å². The standard InChI is InChI=1S/C18H17ClN2O7/c1-25-14-4-3-11(21(23)24)7-15(14)28-10-18(22)20-13-9-17-16(8-12(13)19)26-5-2-6-27-17/h3-4,7-9H,2,5-6,10H2,1H3,(H,20,22). The van der Waals surface area contributed by atoms with E-state index < -0.39 is 17.4 Å². The number of fused-ring (bicyclic) bond motifs is 1. The summed E-state index contributed by atoms with van der Waals surface area (Å²) in [4.78, 5) is 22.6. The van der Waals surface area contributed by atoms with Gasteiger partial charge in [-0.25, -0.2) is 0 Å². The van der Waals surface area contributed by atoms with Crippen molar-refractivity contribution in [2.75, 3.05) is 32.2 Å². The lowest BCUT2D eigenvalue weighted by molar-refractivity contribution is -0.385. The zero-order chi connectivity index (χ0) is 20.1. The number of halogens is 1. The first-order valence-electron chi connectivity index (χ1n) is 8.32. The summed E-state index contributed by atoms with van der Waals surface area (Å²) in [7, 11) is 1.39. The van der Waals surface area contributed by atoms with Crippen LogP contribution in [-0.2, 0) is 4.79 Å². The molecule has 0 bridgehead atoms. The van der Waals surface area contributed by atoms with Crippen LogP contribution in [0.2, 0.25) is 5.02 Å². The van der Waals surface area contributed by atoms with E-state index in [1.807, 2.05) is 0 Å². The summed E-state index contributed by atoms with van der Waals surface area (Å²) in [5.41, 5.74) is 0.160. The molecule has 1 heterocycles. The molecule has 0 aliphatic carbocycles. The van der Waals surface area contributed by atoms with Gasteiger partial charge in [-0.15, -0.1) is 0 Å². The quantitative estimate of drug-likeness (QED) is 0.576. The van der Waals surface area contributed by atoms with Gasteiger partial charge in [0.1, 0.15) is 0 Å². The predicted octanol–water partition coefficient (Wildman–Crippen LogP) is 3.44. The Labute approximate surface area is 165 Å². The second-order valence-corrected chi connectivity index (χ2v) is 6.17. The number of benzene rings is 2. The molecule has 0 unspecified atom stereocenters. The van der Waals surface area contributed by atoms with Gasteiger partial charge in [-0.1, -0.05) is 11.6 Å². The summed E-state index contributed by atoms with van der Waals surface area (Å²) in [6.45, 7) is 0.619. The molecular weight excluding hydrogens is 392 g/mol. The number of nitro groups is 1. The van der Waals surface area contributed by atoms with E-state index in [9.17, 15) is 14.9 Å². The number of nitrogens with zero attached hydrogens (tertiary/aromatic N) is 1. The average Bonchev–Trinajstić information content (AvgIpc) is 2.91. The topological polar surface area (TPSA) is 109 Å². The third kappa shape index (κ3) is 4.55. The first-order chi connectivity index (χ1) is 13.5. The van der Waals surface area contributed by atoms with Crippen LogP contribution in [0.4, 0.5) is 11.4 Å². The van der Waals surface area contributed by atoms with E-state index in [0.717, 1.165) is 6.42 Å². The molecule has 1 aliphatic rings. The van der Waals surface area contributed by atoms with Crippen LogP contribution in [-0.4, -0.2) is 37.8 Å². The van der Waals surface area contributed by atoms with Crippen molar-refractivity contribution < 1.29 is 28.7 Å². The van der Waals surface area contributed by atoms with Crippen molar-refractivity contribution in [3.05, 3.63) is 45.5 Å². The summed E-state index contributed by atoms with van der Waals surface area (Å²) < 4.78 is 21.6. The molecule has 3 rings (SSSR count). The van der Waals surface area contributed by atoms with Crippen LogP contribution in [0.1, 0.15) is 6.42 Å². The molecule has 1 amide bonds. The number of anilines is 1. The molecule has 0 radical (unpaired) electrons. The van der Waals surface area contributed by atoms with E-state index in [1.165, 1.54) is 25.3 Å². The fourth-order valence-electron chi connectivity index (χ4n) is 2.50. The molecule has 0 spiro atoms. The largest absolute Gasteiger partial charge is 0.493 e. The minimum absolute atomic E-state index is 0.0802. The van der Waals surface area contributed by atoms with Gasteiger partial charge in [0.05, 0.1) is 42.0 Å². The zero-order valence-corrected chi connectivity index (χ0v) is 15.7. The van der Waals surface area contributed by atoms with Crippen LogP contribution < -0.4 is 24.3 Å². The average molecular weight is 409 g/mol. The number of nitrogens with one attached hydrogen (secondary N) is 1. The van der Waals surface area contributed by atoms with Crippen molar-refractivity contribution in [2.24, 2.45) is 0 Å². The highest BCUT2D eigenvalue weighted by molar-refractivity contribution is 6.34. The Kier molecular flexibility index (Phi) is 6.05. The van der Waals surface area contributed by atoms with Gasteiger partial charge in [0, 0.05) is 24.6 Å². The van der Waals surface area contributed by atoms with E-state index in [4.69, 9.17) is 30.5 Å². The zero-order valence-electron chi connectivity index (χ0n) is 14.9.